The maximum atomic E-state index is 12.0. The third kappa shape index (κ3) is 3.95. The average Bonchev–Trinajstić information content (AvgIpc) is 3.10. The van der Waals surface area contributed by atoms with Crippen LogP contribution in [0.4, 0.5) is 5.69 Å². The number of aryl methyl sites for hydroxylation is 1. The molecule has 7 heteroatoms. The van der Waals surface area contributed by atoms with Crippen molar-refractivity contribution in [3.63, 3.8) is 0 Å². The summed E-state index contributed by atoms with van der Waals surface area (Å²) in [6.07, 6.45) is 2.27. The quantitative estimate of drug-likeness (QED) is 0.750. The molecular weight excluding hydrogens is 308 g/mol. The van der Waals surface area contributed by atoms with Crippen LogP contribution in [0.1, 0.15) is 12.3 Å². The van der Waals surface area contributed by atoms with Gasteiger partial charge < -0.3 is 14.6 Å². The van der Waals surface area contributed by atoms with Crippen LogP contribution in [-0.4, -0.2) is 28.1 Å². The van der Waals surface area contributed by atoms with E-state index in [0.29, 0.717) is 29.5 Å². The molecule has 0 aliphatic carbocycles. The molecule has 0 aliphatic rings. The summed E-state index contributed by atoms with van der Waals surface area (Å²) < 4.78 is 10.2. The lowest BCUT2D eigenvalue weighted by Gasteiger charge is -2.05. The van der Waals surface area contributed by atoms with E-state index >= 15 is 0 Å². The fourth-order valence-electron chi connectivity index (χ4n) is 2.07. The summed E-state index contributed by atoms with van der Waals surface area (Å²) in [5.41, 5.74) is 1.34. The Morgan fingerprint density at radius 1 is 1.21 bits per heavy atom. The second-order valence-electron chi connectivity index (χ2n) is 5.00. The van der Waals surface area contributed by atoms with Crippen LogP contribution in [0.5, 0.6) is 5.75 Å². The van der Waals surface area contributed by atoms with Gasteiger partial charge in [-0.2, -0.15) is 4.98 Å². The number of ether oxygens (including phenoxy) is 1. The molecular formula is C17H16N4O3. The van der Waals surface area contributed by atoms with Gasteiger partial charge in [0.25, 0.3) is 0 Å². The van der Waals surface area contributed by atoms with Gasteiger partial charge in [-0.3, -0.25) is 9.78 Å². The number of rotatable bonds is 6. The molecule has 0 saturated heterocycles. The molecule has 2 heterocycles. The van der Waals surface area contributed by atoms with E-state index in [1.54, 1.807) is 43.6 Å². The van der Waals surface area contributed by atoms with E-state index in [1.165, 1.54) is 0 Å². The summed E-state index contributed by atoms with van der Waals surface area (Å²) in [6.45, 7) is 0. The second kappa shape index (κ2) is 7.36. The van der Waals surface area contributed by atoms with Gasteiger partial charge in [0.1, 0.15) is 11.4 Å². The first kappa shape index (κ1) is 15.7. The van der Waals surface area contributed by atoms with E-state index in [2.05, 4.69) is 20.4 Å². The molecule has 0 unspecified atom stereocenters. The van der Waals surface area contributed by atoms with Crippen molar-refractivity contribution in [1.29, 1.82) is 0 Å². The highest BCUT2D eigenvalue weighted by molar-refractivity contribution is 5.90. The van der Waals surface area contributed by atoms with Crippen molar-refractivity contribution >= 4 is 11.6 Å². The molecule has 3 aromatic rings. The zero-order valence-electron chi connectivity index (χ0n) is 13.1. The van der Waals surface area contributed by atoms with Crippen molar-refractivity contribution < 1.29 is 14.1 Å². The molecule has 0 spiro atoms. The van der Waals surface area contributed by atoms with Crippen molar-refractivity contribution in [2.75, 3.05) is 12.4 Å². The SMILES string of the molecule is COc1ccc(NC(=O)CCc2nc(-c3ccccn3)no2)cc1. The minimum Gasteiger partial charge on any atom is -0.497 e. The van der Waals surface area contributed by atoms with E-state index < -0.39 is 0 Å². The van der Waals surface area contributed by atoms with Crippen LogP contribution >= 0.6 is 0 Å². The molecule has 24 heavy (non-hydrogen) atoms. The number of nitrogens with zero attached hydrogens (tertiary/aromatic N) is 3. The average molecular weight is 324 g/mol. The first-order valence-corrected chi connectivity index (χ1v) is 7.42. The molecule has 0 aliphatic heterocycles. The molecule has 3 rings (SSSR count). The number of anilines is 1. The van der Waals surface area contributed by atoms with Crippen molar-refractivity contribution in [3.05, 3.63) is 54.6 Å². The number of hydrogen-bond acceptors (Lipinski definition) is 6. The number of carbonyl (C=O) groups is 1. The van der Waals surface area contributed by atoms with Crippen molar-refractivity contribution in [1.82, 2.24) is 15.1 Å². The monoisotopic (exact) mass is 324 g/mol. The largest absolute Gasteiger partial charge is 0.497 e. The fourth-order valence-corrected chi connectivity index (χ4v) is 2.07. The zero-order chi connectivity index (χ0) is 16.8. The van der Waals surface area contributed by atoms with Crippen LogP contribution in [0.15, 0.2) is 53.2 Å². The van der Waals surface area contributed by atoms with Gasteiger partial charge in [-0.1, -0.05) is 11.2 Å². The smallest absolute Gasteiger partial charge is 0.227 e. The summed E-state index contributed by atoms with van der Waals surface area (Å²) in [4.78, 5) is 20.4. The Hall–Kier alpha value is -3.22. The minimum absolute atomic E-state index is 0.127. The highest BCUT2D eigenvalue weighted by Gasteiger charge is 2.11. The molecule has 122 valence electrons. The van der Waals surface area contributed by atoms with E-state index in [4.69, 9.17) is 9.26 Å². The Morgan fingerprint density at radius 3 is 2.75 bits per heavy atom. The molecule has 0 bridgehead atoms. The maximum Gasteiger partial charge on any atom is 0.227 e. The topological polar surface area (TPSA) is 90.1 Å². The summed E-state index contributed by atoms with van der Waals surface area (Å²) >= 11 is 0. The van der Waals surface area contributed by atoms with Crippen LogP contribution in [0, 0.1) is 0 Å². The normalized spacial score (nSPS) is 10.4. The second-order valence-corrected chi connectivity index (χ2v) is 5.00. The lowest BCUT2D eigenvalue weighted by atomic mass is 10.2. The van der Waals surface area contributed by atoms with E-state index in [9.17, 15) is 4.79 Å². The molecule has 0 fully saturated rings. The maximum absolute atomic E-state index is 12.0. The zero-order valence-corrected chi connectivity index (χ0v) is 13.1. The molecule has 7 nitrogen and oxygen atoms in total. The third-order valence-electron chi connectivity index (χ3n) is 3.30. The first-order valence-electron chi connectivity index (χ1n) is 7.42. The summed E-state index contributed by atoms with van der Waals surface area (Å²) in [5.74, 6) is 1.43. The minimum atomic E-state index is -0.127. The Balaban J connectivity index is 1.53. The Kier molecular flexibility index (Phi) is 4.81. The molecule has 0 saturated carbocycles. The predicted molar refractivity (Wildman–Crippen MR) is 87.5 cm³/mol. The van der Waals surface area contributed by atoms with Gasteiger partial charge in [0.15, 0.2) is 0 Å². The van der Waals surface area contributed by atoms with Crippen LogP contribution in [0.25, 0.3) is 11.5 Å². The number of pyridine rings is 1. The van der Waals surface area contributed by atoms with Gasteiger partial charge in [0.2, 0.25) is 17.6 Å². The standard InChI is InChI=1S/C17H16N4O3/c1-23-13-7-5-12(6-8-13)19-15(22)9-10-16-20-17(21-24-16)14-4-2-3-11-18-14/h2-8,11H,9-10H2,1H3,(H,19,22). The number of aromatic nitrogens is 3. The number of amides is 1. The van der Waals surface area contributed by atoms with Gasteiger partial charge in [0.05, 0.1) is 7.11 Å². The summed E-state index contributed by atoms with van der Waals surface area (Å²) in [5, 5.41) is 6.68. The van der Waals surface area contributed by atoms with Gasteiger partial charge in [-0.15, -0.1) is 0 Å². The first-order chi connectivity index (χ1) is 11.7. The number of carbonyl (C=O) groups excluding carboxylic acids is 1. The lowest BCUT2D eigenvalue weighted by Crippen LogP contribution is -2.12. The third-order valence-corrected chi connectivity index (χ3v) is 3.30. The van der Waals surface area contributed by atoms with Gasteiger partial charge in [0, 0.05) is 24.7 Å². The van der Waals surface area contributed by atoms with Crippen LogP contribution in [-0.2, 0) is 11.2 Å². The van der Waals surface area contributed by atoms with Crippen LogP contribution in [0.3, 0.4) is 0 Å². The van der Waals surface area contributed by atoms with Crippen LogP contribution in [0.2, 0.25) is 0 Å². The number of benzene rings is 1. The lowest BCUT2D eigenvalue weighted by molar-refractivity contribution is -0.116. The number of nitrogens with one attached hydrogen (secondary N) is 1. The van der Waals surface area contributed by atoms with Gasteiger partial charge in [-0.25, -0.2) is 0 Å². The Labute approximate surface area is 138 Å². The summed E-state index contributed by atoms with van der Waals surface area (Å²) in [7, 11) is 1.59. The number of methoxy groups -OCH3 is 1. The van der Waals surface area contributed by atoms with Gasteiger partial charge in [-0.05, 0) is 36.4 Å². The highest BCUT2D eigenvalue weighted by atomic mass is 16.5. The van der Waals surface area contributed by atoms with E-state index in [1.807, 2.05) is 12.1 Å². The molecule has 0 atom stereocenters. The Morgan fingerprint density at radius 2 is 2.04 bits per heavy atom. The molecule has 1 amide bonds. The van der Waals surface area contributed by atoms with Gasteiger partial charge >= 0.3 is 0 Å². The molecule has 2 aromatic heterocycles. The fraction of sp³-hybridized carbons (Fsp3) is 0.176. The predicted octanol–water partition coefficient (Wildman–Crippen LogP) is 2.71. The molecule has 1 N–H and O–H groups in total. The van der Waals surface area contributed by atoms with E-state index in [-0.39, 0.29) is 12.3 Å². The van der Waals surface area contributed by atoms with Crippen molar-refractivity contribution in [2.24, 2.45) is 0 Å². The highest BCUT2D eigenvalue weighted by Crippen LogP contribution is 2.16. The number of hydrogen-bond donors (Lipinski definition) is 1. The van der Waals surface area contributed by atoms with Crippen molar-refractivity contribution in [2.45, 2.75) is 12.8 Å². The van der Waals surface area contributed by atoms with Crippen LogP contribution < -0.4 is 10.1 Å². The van der Waals surface area contributed by atoms with Crippen molar-refractivity contribution in [3.8, 4) is 17.3 Å². The molecule has 0 radical (unpaired) electrons. The summed E-state index contributed by atoms with van der Waals surface area (Å²) in [6, 6.07) is 12.6. The van der Waals surface area contributed by atoms with E-state index in [0.717, 1.165) is 5.75 Å². The Bertz CT molecular complexity index is 800. The molecule has 1 aromatic carbocycles.